The number of carboxylic acid groups (broad SMARTS) is 1. The predicted molar refractivity (Wildman–Crippen MR) is 160 cm³/mol. The second-order valence-electron chi connectivity index (χ2n) is 12.7. The molecule has 0 atom stereocenters. The first-order valence-corrected chi connectivity index (χ1v) is 15.3. The summed E-state index contributed by atoms with van der Waals surface area (Å²) in [5, 5.41) is 9.08. The number of benzene rings is 1. The molecule has 2 aliphatic rings. The van der Waals surface area contributed by atoms with Crippen LogP contribution in [0.4, 0.5) is 0 Å². The van der Waals surface area contributed by atoms with Gasteiger partial charge in [0, 0.05) is 51.0 Å². The van der Waals surface area contributed by atoms with Crippen molar-refractivity contribution in [2.75, 3.05) is 39.3 Å². The number of hydrogen-bond donors (Lipinski definition) is 2. The average molecular weight is 562 g/mol. The SMILES string of the molecule is CC(C)CN1CCC2(CC1)CCN(CCCn1ccnc1CN(Cc1ccc(CC(=O)O)cc1)Cc1ncc[nH]1)C2. The molecule has 9 heteroatoms. The van der Waals surface area contributed by atoms with Gasteiger partial charge in [0.2, 0.25) is 0 Å². The number of rotatable bonds is 14. The van der Waals surface area contributed by atoms with Gasteiger partial charge in [-0.2, -0.15) is 0 Å². The Labute approximate surface area is 244 Å². The number of imidazole rings is 2. The number of aromatic amines is 1. The summed E-state index contributed by atoms with van der Waals surface area (Å²) in [4.78, 5) is 31.1. The summed E-state index contributed by atoms with van der Waals surface area (Å²) in [5.74, 6) is 1.93. The summed E-state index contributed by atoms with van der Waals surface area (Å²) < 4.78 is 2.31. The van der Waals surface area contributed by atoms with Crippen LogP contribution in [0.15, 0.2) is 49.1 Å². The summed E-state index contributed by atoms with van der Waals surface area (Å²) >= 11 is 0. The number of aliphatic carboxylic acids is 1. The van der Waals surface area contributed by atoms with Crippen molar-refractivity contribution in [1.29, 1.82) is 0 Å². The molecule has 2 aliphatic heterocycles. The summed E-state index contributed by atoms with van der Waals surface area (Å²) in [7, 11) is 0. The Balaban J connectivity index is 1.13. The summed E-state index contributed by atoms with van der Waals surface area (Å²) in [6, 6.07) is 7.87. The van der Waals surface area contributed by atoms with Gasteiger partial charge in [-0.15, -0.1) is 0 Å². The van der Waals surface area contributed by atoms with Gasteiger partial charge in [0.1, 0.15) is 11.6 Å². The number of hydrogen-bond acceptors (Lipinski definition) is 6. The molecule has 0 bridgehead atoms. The largest absolute Gasteiger partial charge is 0.481 e. The smallest absolute Gasteiger partial charge is 0.307 e. The Morgan fingerprint density at radius 2 is 1.71 bits per heavy atom. The fourth-order valence-corrected chi connectivity index (χ4v) is 6.67. The highest BCUT2D eigenvalue weighted by molar-refractivity contribution is 5.70. The van der Waals surface area contributed by atoms with Gasteiger partial charge in [-0.05, 0) is 74.3 Å². The summed E-state index contributed by atoms with van der Waals surface area (Å²) in [5.41, 5.74) is 2.50. The zero-order chi connectivity index (χ0) is 28.7. The molecule has 0 aliphatic carbocycles. The topological polar surface area (TPSA) is 93.5 Å². The van der Waals surface area contributed by atoms with Crippen LogP contribution in [0.2, 0.25) is 0 Å². The number of likely N-dealkylation sites (tertiary alicyclic amines) is 2. The molecule has 1 aromatic carbocycles. The zero-order valence-corrected chi connectivity index (χ0v) is 24.8. The Morgan fingerprint density at radius 1 is 0.976 bits per heavy atom. The molecule has 9 nitrogen and oxygen atoms in total. The number of aromatic nitrogens is 4. The van der Waals surface area contributed by atoms with E-state index in [1.807, 2.05) is 36.7 Å². The van der Waals surface area contributed by atoms with Crippen LogP contribution in [0.5, 0.6) is 0 Å². The number of H-pyrrole nitrogens is 1. The van der Waals surface area contributed by atoms with E-state index >= 15 is 0 Å². The van der Waals surface area contributed by atoms with E-state index in [4.69, 9.17) is 10.1 Å². The average Bonchev–Trinajstić information content (AvgIpc) is 3.69. The van der Waals surface area contributed by atoms with Gasteiger partial charge in [0.05, 0.1) is 19.5 Å². The van der Waals surface area contributed by atoms with Crippen LogP contribution in [-0.4, -0.2) is 84.6 Å². The molecule has 2 aromatic heterocycles. The Hall–Kier alpha value is -3.01. The first kappa shape index (κ1) is 29.5. The monoisotopic (exact) mass is 561 g/mol. The Kier molecular flexibility index (Phi) is 9.90. The molecule has 2 saturated heterocycles. The van der Waals surface area contributed by atoms with E-state index < -0.39 is 5.97 Å². The van der Waals surface area contributed by atoms with Crippen molar-refractivity contribution in [3.63, 3.8) is 0 Å². The number of carbonyl (C=O) groups is 1. The molecule has 222 valence electrons. The molecule has 1 spiro atoms. The van der Waals surface area contributed by atoms with Gasteiger partial charge in [-0.25, -0.2) is 9.97 Å². The van der Waals surface area contributed by atoms with Crippen LogP contribution in [0.1, 0.15) is 62.3 Å². The summed E-state index contributed by atoms with van der Waals surface area (Å²) in [6.45, 7) is 15.2. The van der Waals surface area contributed by atoms with E-state index in [1.54, 1.807) is 6.20 Å². The van der Waals surface area contributed by atoms with Gasteiger partial charge >= 0.3 is 5.97 Å². The molecule has 0 unspecified atom stereocenters. The number of piperidine rings is 1. The minimum absolute atomic E-state index is 0.0448. The fourth-order valence-electron chi connectivity index (χ4n) is 6.67. The van der Waals surface area contributed by atoms with E-state index in [1.165, 1.54) is 52.0 Å². The third-order valence-corrected chi connectivity index (χ3v) is 8.81. The first-order chi connectivity index (χ1) is 19.9. The second kappa shape index (κ2) is 13.8. The third kappa shape index (κ3) is 8.50. The number of nitrogens with one attached hydrogen (secondary N) is 1. The molecular formula is C32H47N7O2. The van der Waals surface area contributed by atoms with Crippen LogP contribution >= 0.6 is 0 Å². The van der Waals surface area contributed by atoms with Crippen LogP contribution in [-0.2, 0) is 37.4 Å². The molecule has 4 heterocycles. The first-order valence-electron chi connectivity index (χ1n) is 15.3. The number of aryl methyl sites for hydroxylation is 1. The van der Waals surface area contributed by atoms with Crippen molar-refractivity contribution in [1.82, 2.24) is 34.2 Å². The molecule has 0 saturated carbocycles. The molecular weight excluding hydrogens is 514 g/mol. The van der Waals surface area contributed by atoms with Crippen molar-refractivity contribution >= 4 is 5.97 Å². The highest BCUT2D eigenvalue weighted by atomic mass is 16.4. The Bertz CT molecular complexity index is 1210. The highest BCUT2D eigenvalue weighted by Gasteiger charge is 2.40. The van der Waals surface area contributed by atoms with Crippen molar-refractivity contribution in [2.24, 2.45) is 11.3 Å². The summed E-state index contributed by atoms with van der Waals surface area (Å²) in [6.07, 6.45) is 12.9. The minimum atomic E-state index is -0.810. The molecule has 3 aromatic rings. The second-order valence-corrected chi connectivity index (χ2v) is 12.7. The number of nitrogens with zero attached hydrogens (tertiary/aromatic N) is 6. The lowest BCUT2D eigenvalue weighted by atomic mass is 9.77. The number of carboxylic acids is 1. The van der Waals surface area contributed by atoms with Crippen LogP contribution in [0.25, 0.3) is 0 Å². The molecule has 0 radical (unpaired) electrons. The van der Waals surface area contributed by atoms with Crippen LogP contribution < -0.4 is 0 Å². The molecule has 2 N–H and O–H groups in total. The molecule has 5 rings (SSSR count). The lowest BCUT2D eigenvalue weighted by molar-refractivity contribution is -0.136. The highest BCUT2D eigenvalue weighted by Crippen LogP contribution is 2.40. The van der Waals surface area contributed by atoms with Crippen molar-refractivity contribution in [2.45, 2.75) is 72.1 Å². The van der Waals surface area contributed by atoms with Gasteiger partial charge in [0.25, 0.3) is 0 Å². The maximum absolute atomic E-state index is 11.0. The molecule has 41 heavy (non-hydrogen) atoms. The van der Waals surface area contributed by atoms with Gasteiger partial charge in [-0.1, -0.05) is 38.1 Å². The molecule has 0 amide bonds. The van der Waals surface area contributed by atoms with E-state index in [2.05, 4.69) is 49.3 Å². The lowest BCUT2D eigenvalue weighted by Crippen LogP contribution is -2.42. The quantitative estimate of drug-likeness (QED) is 0.304. The van der Waals surface area contributed by atoms with E-state index in [-0.39, 0.29) is 6.42 Å². The third-order valence-electron chi connectivity index (χ3n) is 8.81. The zero-order valence-electron chi connectivity index (χ0n) is 24.8. The van der Waals surface area contributed by atoms with Crippen molar-refractivity contribution in [3.05, 3.63) is 71.8 Å². The minimum Gasteiger partial charge on any atom is -0.481 e. The maximum Gasteiger partial charge on any atom is 0.307 e. The van der Waals surface area contributed by atoms with Crippen LogP contribution in [0.3, 0.4) is 0 Å². The van der Waals surface area contributed by atoms with E-state index in [9.17, 15) is 4.79 Å². The standard InChI is InChI=1S/C32H47N7O2/c1-26(2)21-36-16-8-32(9-17-36)10-18-37(25-32)14-3-15-39-19-13-35-30(39)24-38(23-29-33-11-12-34-29)22-28-6-4-27(5-7-28)20-31(40)41/h4-7,11-13,19,26H,3,8-10,14-18,20-25H2,1-2H3,(H,33,34)(H,40,41). The van der Waals surface area contributed by atoms with Gasteiger partial charge < -0.3 is 24.5 Å². The normalized spacial score (nSPS) is 17.8. The predicted octanol–water partition coefficient (Wildman–Crippen LogP) is 4.27. The Morgan fingerprint density at radius 3 is 2.39 bits per heavy atom. The van der Waals surface area contributed by atoms with Crippen molar-refractivity contribution < 1.29 is 9.90 Å². The van der Waals surface area contributed by atoms with E-state index in [0.717, 1.165) is 54.7 Å². The van der Waals surface area contributed by atoms with Crippen molar-refractivity contribution in [3.8, 4) is 0 Å². The van der Waals surface area contributed by atoms with Gasteiger partial charge in [-0.3, -0.25) is 9.69 Å². The molecule has 2 fully saturated rings. The van der Waals surface area contributed by atoms with Crippen LogP contribution in [0, 0.1) is 11.3 Å². The lowest BCUT2D eigenvalue weighted by Gasteiger charge is -2.40. The fraction of sp³-hybridized carbons (Fsp3) is 0.594. The van der Waals surface area contributed by atoms with E-state index in [0.29, 0.717) is 18.5 Å². The maximum atomic E-state index is 11.0. The van der Waals surface area contributed by atoms with Gasteiger partial charge in [0.15, 0.2) is 0 Å².